The van der Waals surface area contributed by atoms with Crippen molar-refractivity contribution in [3.8, 4) is 28.4 Å². The van der Waals surface area contributed by atoms with Crippen molar-refractivity contribution in [2.24, 2.45) is 0 Å². The molecule has 0 saturated carbocycles. The molecule has 0 atom stereocenters. The van der Waals surface area contributed by atoms with Crippen LogP contribution in [0.1, 0.15) is 63.8 Å². The number of fused-ring (bicyclic) bond motifs is 4. The van der Waals surface area contributed by atoms with Crippen molar-refractivity contribution < 1.29 is 25.8 Å². The van der Waals surface area contributed by atoms with Gasteiger partial charge in [0, 0.05) is 62.2 Å². The summed E-state index contributed by atoms with van der Waals surface area (Å²) in [5, 5.41) is 2.22. The van der Waals surface area contributed by atoms with Crippen LogP contribution in [-0.4, -0.2) is 19.5 Å². The Morgan fingerprint density at radius 2 is 1.38 bits per heavy atom. The molecule has 4 aromatic heterocycles. The van der Waals surface area contributed by atoms with Gasteiger partial charge in [-0.3, -0.25) is 0 Å². The molecular weight excluding hydrogens is 896 g/mol. The second-order valence-corrected chi connectivity index (χ2v) is 16.9. The molecule has 0 fully saturated rings. The summed E-state index contributed by atoms with van der Waals surface area (Å²) in [6.07, 6.45) is 5.66. The Balaban J connectivity index is 0.00000469. The van der Waals surface area contributed by atoms with E-state index in [9.17, 15) is 0 Å². The van der Waals surface area contributed by atoms with Gasteiger partial charge < -0.3 is 19.1 Å². The van der Waals surface area contributed by atoms with Crippen molar-refractivity contribution in [1.82, 2.24) is 19.5 Å². The van der Waals surface area contributed by atoms with E-state index in [1.54, 1.807) is 0 Å². The molecule has 294 valence electrons. The Labute approximate surface area is 355 Å². The average molecular weight is 941 g/mol. The molecule has 4 aromatic carbocycles. The zero-order chi connectivity index (χ0) is 39.6. The number of ether oxygens (including phenoxy) is 1. The van der Waals surface area contributed by atoms with Gasteiger partial charge in [-0.25, -0.2) is 15.0 Å². The number of benzene rings is 4. The molecule has 0 aliphatic carbocycles. The van der Waals surface area contributed by atoms with Crippen molar-refractivity contribution >= 4 is 44.8 Å². The number of rotatable bonds is 6. The summed E-state index contributed by atoms with van der Waals surface area (Å²) in [6.45, 7) is 19.8. The van der Waals surface area contributed by atoms with Gasteiger partial charge in [0.15, 0.2) is 0 Å². The Bertz CT molecular complexity index is 2790. The quantitative estimate of drug-likeness (QED) is 0.155. The predicted molar refractivity (Wildman–Crippen MR) is 232 cm³/mol. The molecular formula is C50H45N6OPt-3. The van der Waals surface area contributed by atoms with E-state index in [0.717, 1.165) is 56.2 Å². The number of nitrogens with zero attached hydrogens (tertiary/aromatic N) is 6. The molecule has 0 N–H and O–H groups in total. The van der Waals surface area contributed by atoms with E-state index in [-0.39, 0.29) is 31.9 Å². The number of para-hydroxylation sites is 1. The molecule has 0 unspecified atom stereocenters. The van der Waals surface area contributed by atoms with Crippen molar-refractivity contribution in [2.45, 2.75) is 66.2 Å². The second kappa shape index (κ2) is 14.9. The standard InChI is InChI=1S/C50H45N6O.Pt/c1-32-25-36(50(6,7)8)26-33(2)47(32)34-18-21-45(53-30-34)55-31-54(43-17-12-23-52-48(43)55)37-13-11-14-38(28-37)57-39-19-20-41-40-15-9-10-16-42(40)56(44(41)29-39)46-27-35(22-24-51-46)49(3,4)5;/h9-27,30-31H,1-8H3;/q-3;. The van der Waals surface area contributed by atoms with Gasteiger partial charge >= 0.3 is 0 Å². The normalized spacial score (nSPS) is 12.9. The molecule has 0 saturated heterocycles. The van der Waals surface area contributed by atoms with Gasteiger partial charge in [-0.2, -0.15) is 12.1 Å². The van der Waals surface area contributed by atoms with Crippen LogP contribution in [0.15, 0.2) is 122 Å². The van der Waals surface area contributed by atoms with Crippen molar-refractivity contribution in [1.29, 1.82) is 0 Å². The SMILES string of the molecule is Cc1cc(C(C)(C)C)cc(C)c1-c1ccc(N2[CH-]N(c3[c-]c(Oc4[c-]c5c(cc4)c4ccccc4n5-c4cc(C(C)(C)C)ccn4)ccc3)c3cccnc32)nc1.[Pt]. The largest absolute Gasteiger partial charge is 0.509 e. The van der Waals surface area contributed by atoms with E-state index in [2.05, 4.69) is 150 Å². The number of anilines is 4. The van der Waals surface area contributed by atoms with Gasteiger partial charge in [0.25, 0.3) is 0 Å². The third-order valence-corrected chi connectivity index (χ3v) is 10.8. The molecule has 0 amide bonds. The molecule has 1 aliphatic heterocycles. The fourth-order valence-corrected chi connectivity index (χ4v) is 7.82. The van der Waals surface area contributed by atoms with Gasteiger partial charge in [0.1, 0.15) is 17.5 Å². The van der Waals surface area contributed by atoms with Crippen LogP contribution in [0.4, 0.5) is 23.0 Å². The van der Waals surface area contributed by atoms with Crippen LogP contribution in [0.3, 0.4) is 0 Å². The van der Waals surface area contributed by atoms with E-state index >= 15 is 0 Å². The Hall–Kier alpha value is -5.78. The van der Waals surface area contributed by atoms with Crippen LogP contribution < -0.4 is 14.5 Å². The van der Waals surface area contributed by atoms with Crippen LogP contribution in [0.2, 0.25) is 0 Å². The Morgan fingerprint density at radius 3 is 2.12 bits per heavy atom. The first-order valence-corrected chi connectivity index (χ1v) is 19.4. The van der Waals surface area contributed by atoms with E-state index in [0.29, 0.717) is 11.5 Å². The van der Waals surface area contributed by atoms with Gasteiger partial charge in [-0.05, 0) is 100 Å². The maximum Gasteiger partial charge on any atom is 0.135 e. The minimum atomic E-state index is -0.0193. The Kier molecular flexibility index (Phi) is 10.0. The average Bonchev–Trinajstić information content (AvgIpc) is 3.74. The number of pyridine rings is 3. The first-order chi connectivity index (χ1) is 27.3. The minimum absolute atomic E-state index is 0. The summed E-state index contributed by atoms with van der Waals surface area (Å²) in [5.41, 5.74) is 11.1. The maximum absolute atomic E-state index is 6.52. The van der Waals surface area contributed by atoms with E-state index in [4.69, 9.17) is 19.7 Å². The minimum Gasteiger partial charge on any atom is -0.509 e. The van der Waals surface area contributed by atoms with E-state index in [1.165, 1.54) is 27.8 Å². The predicted octanol–water partition coefficient (Wildman–Crippen LogP) is 12.6. The fourth-order valence-electron chi connectivity index (χ4n) is 7.82. The molecule has 9 rings (SSSR count). The molecule has 7 nitrogen and oxygen atoms in total. The van der Waals surface area contributed by atoms with Gasteiger partial charge in [-0.1, -0.05) is 77.4 Å². The summed E-state index contributed by atoms with van der Waals surface area (Å²) in [4.78, 5) is 18.7. The summed E-state index contributed by atoms with van der Waals surface area (Å²) >= 11 is 0. The summed E-state index contributed by atoms with van der Waals surface area (Å²) in [5.74, 6) is 3.57. The summed E-state index contributed by atoms with van der Waals surface area (Å²) < 4.78 is 8.70. The zero-order valence-corrected chi connectivity index (χ0v) is 36.3. The van der Waals surface area contributed by atoms with Crippen LogP contribution in [0, 0.1) is 32.6 Å². The zero-order valence-electron chi connectivity index (χ0n) is 34.0. The second-order valence-electron chi connectivity index (χ2n) is 16.9. The van der Waals surface area contributed by atoms with Gasteiger partial charge in [0.05, 0.1) is 5.69 Å². The number of hydrogen-bond acceptors (Lipinski definition) is 6. The topological polar surface area (TPSA) is 59.3 Å². The van der Waals surface area contributed by atoms with Crippen LogP contribution >= 0.6 is 0 Å². The van der Waals surface area contributed by atoms with Gasteiger partial charge in [-0.15, -0.1) is 48.1 Å². The monoisotopic (exact) mass is 940 g/mol. The summed E-state index contributed by atoms with van der Waals surface area (Å²) in [7, 11) is 0. The first kappa shape index (κ1) is 39.1. The van der Waals surface area contributed by atoms with Crippen LogP contribution in [0.5, 0.6) is 11.5 Å². The molecule has 0 spiro atoms. The molecule has 0 bridgehead atoms. The number of aryl methyl sites for hydroxylation is 2. The van der Waals surface area contributed by atoms with Gasteiger partial charge in [0.2, 0.25) is 0 Å². The van der Waals surface area contributed by atoms with E-state index < -0.39 is 0 Å². The molecule has 1 aliphatic rings. The number of aromatic nitrogens is 4. The first-order valence-electron chi connectivity index (χ1n) is 19.4. The van der Waals surface area contributed by atoms with Crippen molar-refractivity contribution in [3.05, 3.63) is 163 Å². The third kappa shape index (κ3) is 7.07. The van der Waals surface area contributed by atoms with E-state index in [1.807, 2.05) is 60.5 Å². The maximum atomic E-state index is 6.52. The van der Waals surface area contributed by atoms with Crippen LogP contribution in [0.25, 0.3) is 38.8 Å². The molecule has 8 aromatic rings. The number of hydrogen-bond donors (Lipinski definition) is 0. The van der Waals surface area contributed by atoms with Crippen LogP contribution in [-0.2, 0) is 31.9 Å². The molecule has 0 radical (unpaired) electrons. The summed E-state index contributed by atoms with van der Waals surface area (Å²) in [6, 6.07) is 42.6. The molecule has 58 heavy (non-hydrogen) atoms. The van der Waals surface area contributed by atoms with Crippen molar-refractivity contribution in [3.63, 3.8) is 0 Å². The molecule has 5 heterocycles. The third-order valence-electron chi connectivity index (χ3n) is 10.8. The Morgan fingerprint density at radius 1 is 0.621 bits per heavy atom. The molecule has 8 heteroatoms. The van der Waals surface area contributed by atoms with Crippen molar-refractivity contribution in [2.75, 3.05) is 9.80 Å². The smallest absolute Gasteiger partial charge is 0.135 e. The fraction of sp³-hybridized carbons (Fsp3) is 0.200.